The molecule has 0 aliphatic carbocycles. The summed E-state index contributed by atoms with van der Waals surface area (Å²) < 4.78 is 7.57. The van der Waals surface area contributed by atoms with E-state index in [-0.39, 0.29) is 21.7 Å². The van der Waals surface area contributed by atoms with Gasteiger partial charge in [0.1, 0.15) is 0 Å². The third kappa shape index (κ3) is 8.28. The first-order valence-electron chi connectivity index (χ1n) is 28.7. The summed E-state index contributed by atoms with van der Waals surface area (Å²) >= 11 is 0. The summed E-state index contributed by atoms with van der Waals surface area (Å²) in [4.78, 5) is 0. The molecule has 80 heavy (non-hydrogen) atoms. The number of rotatable bonds is 7. The van der Waals surface area contributed by atoms with E-state index in [1.165, 1.54) is 108 Å². The maximum atomic E-state index is 2.54. The lowest BCUT2D eigenvalue weighted by atomic mass is 9.85. The Labute approximate surface area is 473 Å². The van der Waals surface area contributed by atoms with Crippen LogP contribution in [0, 0.1) is 0 Å². The molecule has 3 nitrogen and oxygen atoms in total. The first-order chi connectivity index (χ1) is 38.2. The average molecular weight is 1060 g/mol. The molecule has 13 rings (SSSR count). The molecule has 0 aliphatic heterocycles. The monoisotopic (exact) mass is 1060 g/mol. The molecule has 0 fully saturated rings. The summed E-state index contributed by atoms with van der Waals surface area (Å²) in [7, 11) is -2.86. The number of aromatic nitrogens is 3. The first-order valence-corrected chi connectivity index (χ1v) is 30.7. The average Bonchev–Trinajstić information content (AvgIpc) is 4.25. The lowest BCUT2D eigenvalue weighted by Gasteiger charge is -2.34. The Morgan fingerprint density at radius 3 is 0.762 bits per heavy atom. The molecule has 0 spiro atoms. The quantitative estimate of drug-likeness (QED) is 0.112. The van der Waals surface area contributed by atoms with Crippen molar-refractivity contribution in [1.29, 1.82) is 0 Å². The maximum absolute atomic E-state index is 2.86. The van der Waals surface area contributed by atoms with Gasteiger partial charge in [-0.15, -0.1) is 0 Å². The SMILES string of the molecule is CC(C)(C)c1ccc2c(c1)c1cc(C(C)(C)C)ccc1n2-c1ccc2c(c1)c1cc(-n3c4ccc(C(C)(C)C)cc4c4cc(C(C)(C)C)ccc43)ccc1n2-c1cccc([Si](c2ccccc2)(c2ccccc2)c2ccccc2)c1. The minimum absolute atomic E-state index is 0.00552. The van der Waals surface area contributed by atoms with Crippen LogP contribution in [0.15, 0.2) is 224 Å². The van der Waals surface area contributed by atoms with E-state index >= 15 is 0 Å². The normalized spacial score (nSPS) is 13.0. The Kier molecular flexibility index (Phi) is 11.8. The number of hydrogen-bond donors (Lipinski definition) is 0. The molecule has 0 bridgehead atoms. The van der Waals surface area contributed by atoms with E-state index in [1.54, 1.807) is 0 Å². The van der Waals surface area contributed by atoms with Gasteiger partial charge < -0.3 is 13.7 Å². The van der Waals surface area contributed by atoms with Crippen LogP contribution in [0.1, 0.15) is 105 Å². The highest BCUT2D eigenvalue weighted by Gasteiger charge is 2.41. The van der Waals surface area contributed by atoms with Gasteiger partial charge >= 0.3 is 0 Å². The summed E-state index contributed by atoms with van der Waals surface area (Å²) in [5.74, 6) is 0. The Morgan fingerprint density at radius 1 is 0.225 bits per heavy atom. The Hall–Kier alpha value is -8.18. The van der Waals surface area contributed by atoms with Crippen LogP contribution in [0.5, 0.6) is 0 Å². The molecule has 0 unspecified atom stereocenters. The minimum Gasteiger partial charge on any atom is -0.309 e. The maximum Gasteiger partial charge on any atom is 0.179 e. The van der Waals surface area contributed by atoms with E-state index in [2.05, 4.69) is 321 Å². The molecule has 0 atom stereocenters. The molecule has 0 aliphatic rings. The molecule has 13 aromatic rings. The fourth-order valence-corrected chi connectivity index (χ4v) is 17.8. The molecule has 0 N–H and O–H groups in total. The lowest BCUT2D eigenvalue weighted by Crippen LogP contribution is -2.74. The van der Waals surface area contributed by atoms with Crippen LogP contribution in [-0.4, -0.2) is 21.8 Å². The molecule has 4 heteroatoms. The summed E-state index contributed by atoms with van der Waals surface area (Å²) in [5, 5.41) is 13.0. The molecule has 0 amide bonds. The van der Waals surface area contributed by atoms with E-state index in [0.717, 1.165) is 17.1 Å². The van der Waals surface area contributed by atoms with E-state index in [0.29, 0.717) is 0 Å². The Morgan fingerprint density at radius 2 is 0.475 bits per heavy atom. The molecule has 10 aromatic carbocycles. The van der Waals surface area contributed by atoms with Gasteiger partial charge in [0.05, 0.1) is 33.1 Å². The molecule has 3 heterocycles. The highest BCUT2D eigenvalue weighted by atomic mass is 28.3. The fourth-order valence-electron chi connectivity index (χ4n) is 13.0. The van der Waals surface area contributed by atoms with Crippen molar-refractivity contribution in [2.45, 2.75) is 105 Å². The van der Waals surface area contributed by atoms with Crippen molar-refractivity contribution in [3.05, 3.63) is 247 Å². The number of nitrogens with zero attached hydrogens (tertiary/aromatic N) is 3. The second-order valence-corrected chi connectivity index (χ2v) is 30.5. The summed E-state index contributed by atoms with van der Waals surface area (Å²) in [6, 6.07) is 86.5. The molecular weight excluding hydrogens is 983 g/mol. The smallest absolute Gasteiger partial charge is 0.179 e. The first kappa shape index (κ1) is 51.3. The third-order valence-electron chi connectivity index (χ3n) is 17.4. The largest absolute Gasteiger partial charge is 0.309 e. The van der Waals surface area contributed by atoms with Gasteiger partial charge in [-0.3, -0.25) is 0 Å². The highest BCUT2D eigenvalue weighted by Crippen LogP contribution is 2.43. The Balaban J connectivity index is 1.11. The van der Waals surface area contributed by atoms with E-state index in [4.69, 9.17) is 0 Å². The van der Waals surface area contributed by atoms with Crippen molar-refractivity contribution in [3.8, 4) is 17.1 Å². The second-order valence-electron chi connectivity index (χ2n) is 26.7. The van der Waals surface area contributed by atoms with Crippen LogP contribution >= 0.6 is 0 Å². The van der Waals surface area contributed by atoms with Crippen LogP contribution in [0.3, 0.4) is 0 Å². The third-order valence-corrected chi connectivity index (χ3v) is 22.2. The van der Waals surface area contributed by atoms with Gasteiger partial charge in [-0.05, 0) is 162 Å². The Bertz CT molecular complexity index is 4090. The van der Waals surface area contributed by atoms with E-state index < -0.39 is 8.07 Å². The van der Waals surface area contributed by atoms with Gasteiger partial charge in [-0.2, -0.15) is 0 Å². The van der Waals surface area contributed by atoms with Crippen molar-refractivity contribution in [1.82, 2.24) is 13.7 Å². The van der Waals surface area contributed by atoms with Crippen molar-refractivity contribution < 1.29 is 0 Å². The van der Waals surface area contributed by atoms with Crippen molar-refractivity contribution in [2.75, 3.05) is 0 Å². The zero-order valence-electron chi connectivity index (χ0n) is 48.7. The fraction of sp³-hybridized carbons (Fsp3) is 0.211. The molecule has 3 aromatic heterocycles. The summed E-state index contributed by atoms with van der Waals surface area (Å²) in [5.41, 5.74) is 16.0. The van der Waals surface area contributed by atoms with Crippen molar-refractivity contribution >= 4 is 94.2 Å². The second kappa shape index (κ2) is 18.4. The topological polar surface area (TPSA) is 14.8 Å². The van der Waals surface area contributed by atoms with Crippen molar-refractivity contribution in [2.24, 2.45) is 0 Å². The predicted octanol–water partition coefficient (Wildman–Crippen LogP) is 17.5. The van der Waals surface area contributed by atoms with Crippen molar-refractivity contribution in [3.63, 3.8) is 0 Å². The zero-order chi connectivity index (χ0) is 55.7. The minimum atomic E-state index is -2.86. The zero-order valence-corrected chi connectivity index (χ0v) is 49.7. The van der Waals surface area contributed by atoms with Crippen LogP contribution < -0.4 is 20.7 Å². The summed E-state index contributed by atoms with van der Waals surface area (Å²) in [6.07, 6.45) is 0. The van der Waals surface area contributed by atoms with Crippen LogP contribution in [0.25, 0.3) is 82.5 Å². The van der Waals surface area contributed by atoms with Gasteiger partial charge in [0.15, 0.2) is 8.07 Å². The van der Waals surface area contributed by atoms with Crippen LogP contribution in [0.2, 0.25) is 0 Å². The lowest BCUT2D eigenvalue weighted by molar-refractivity contribution is 0.590. The molecule has 396 valence electrons. The number of fused-ring (bicyclic) bond motifs is 9. The van der Waals surface area contributed by atoms with Gasteiger partial charge in [0, 0.05) is 49.4 Å². The molecular formula is C76H73N3Si. The van der Waals surface area contributed by atoms with E-state index in [9.17, 15) is 0 Å². The molecule has 0 saturated carbocycles. The van der Waals surface area contributed by atoms with Gasteiger partial charge in [-0.1, -0.05) is 210 Å². The van der Waals surface area contributed by atoms with Gasteiger partial charge in [0.25, 0.3) is 0 Å². The van der Waals surface area contributed by atoms with Gasteiger partial charge in [-0.25, -0.2) is 0 Å². The highest BCUT2D eigenvalue weighted by molar-refractivity contribution is 7.19. The van der Waals surface area contributed by atoms with Crippen LogP contribution in [-0.2, 0) is 21.7 Å². The summed E-state index contributed by atoms with van der Waals surface area (Å²) in [6.45, 7) is 27.8. The van der Waals surface area contributed by atoms with E-state index in [1.807, 2.05) is 0 Å². The molecule has 0 saturated heterocycles. The standard InChI is InChI=1S/C76H73N3Si/c1-73(2,3)50-31-37-67-61(43-50)62-44-51(74(4,5)6)32-38-68(62)78(67)55-35-41-71-65(48-55)66-49-56(79-69-39-33-52(75(7,8)9)45-63(69)64-46-53(76(10,11)12)34-40-70(64)79)36-42-72(66)77(71)54-23-22-30-60(47-54)80(57-24-16-13-17-25-57,58-26-18-14-19-27-58)59-28-20-15-21-29-59/h13-49H,1-12H3. The number of benzene rings is 10. The van der Waals surface area contributed by atoms with Gasteiger partial charge in [0.2, 0.25) is 0 Å². The predicted molar refractivity (Wildman–Crippen MR) is 348 cm³/mol. The number of hydrogen-bond acceptors (Lipinski definition) is 0. The molecule has 0 radical (unpaired) electrons. The van der Waals surface area contributed by atoms with Crippen LogP contribution in [0.4, 0.5) is 0 Å².